The molecule has 0 radical (unpaired) electrons. The number of rotatable bonds is 3. The minimum atomic E-state index is -0.428. The molecule has 0 fully saturated rings. The van der Waals surface area contributed by atoms with E-state index in [1.807, 2.05) is 80.8 Å². The number of aryl methyl sites for hydroxylation is 3. The quantitative estimate of drug-likeness (QED) is 0.467. The highest BCUT2D eigenvalue weighted by Crippen LogP contribution is 2.40. The lowest BCUT2D eigenvalue weighted by atomic mass is 9.98. The molecule has 0 saturated carbocycles. The number of allylic oxidation sites excluding steroid dienone is 1. The number of anilines is 2. The fraction of sp³-hybridized carbons (Fsp3) is 0.200. The SMILES string of the molecule is CC1=C(C(=O)Nc2ccc(C)cc2C)[C@H](c2ccc(C)o2)n2c(nc3ccccc32)N1. The van der Waals surface area contributed by atoms with E-state index in [-0.39, 0.29) is 5.91 Å². The largest absolute Gasteiger partial charge is 0.464 e. The van der Waals surface area contributed by atoms with Crippen molar-refractivity contribution in [2.24, 2.45) is 0 Å². The Kier molecular flexibility index (Phi) is 4.43. The number of imidazole rings is 1. The van der Waals surface area contributed by atoms with E-state index in [4.69, 9.17) is 9.40 Å². The van der Waals surface area contributed by atoms with Gasteiger partial charge in [-0.2, -0.15) is 0 Å². The molecular weight excluding hydrogens is 388 g/mol. The van der Waals surface area contributed by atoms with Gasteiger partial charge in [-0.15, -0.1) is 0 Å². The number of benzene rings is 2. The Hall–Kier alpha value is -3.80. The first kappa shape index (κ1) is 19.2. The molecule has 3 heterocycles. The lowest BCUT2D eigenvalue weighted by Crippen LogP contribution is -2.30. The van der Waals surface area contributed by atoms with Gasteiger partial charge in [-0.25, -0.2) is 4.98 Å². The molecule has 2 aromatic heterocycles. The van der Waals surface area contributed by atoms with Gasteiger partial charge in [0.2, 0.25) is 5.95 Å². The molecule has 0 bridgehead atoms. The number of hydrogen-bond donors (Lipinski definition) is 2. The van der Waals surface area contributed by atoms with Crippen molar-refractivity contribution in [3.05, 3.63) is 88.5 Å². The molecule has 6 nitrogen and oxygen atoms in total. The predicted molar refractivity (Wildman–Crippen MR) is 122 cm³/mol. The van der Waals surface area contributed by atoms with Gasteiger partial charge in [0, 0.05) is 11.4 Å². The zero-order valence-electron chi connectivity index (χ0n) is 18.0. The summed E-state index contributed by atoms with van der Waals surface area (Å²) in [7, 11) is 0. The Morgan fingerprint density at radius 2 is 1.87 bits per heavy atom. The van der Waals surface area contributed by atoms with E-state index in [0.717, 1.165) is 39.3 Å². The fourth-order valence-electron chi connectivity index (χ4n) is 4.27. The third kappa shape index (κ3) is 3.20. The summed E-state index contributed by atoms with van der Waals surface area (Å²) in [6.45, 7) is 7.85. The molecule has 2 N–H and O–H groups in total. The Bertz CT molecular complexity index is 1360. The average Bonchev–Trinajstić information content (AvgIpc) is 3.32. The maximum atomic E-state index is 13.6. The summed E-state index contributed by atoms with van der Waals surface area (Å²) >= 11 is 0. The van der Waals surface area contributed by atoms with Crippen LogP contribution in [0.4, 0.5) is 11.6 Å². The summed E-state index contributed by atoms with van der Waals surface area (Å²) in [5, 5.41) is 6.43. The van der Waals surface area contributed by atoms with Crippen LogP contribution in [0.15, 0.2) is 70.3 Å². The number of nitrogens with one attached hydrogen (secondary N) is 2. The monoisotopic (exact) mass is 412 g/mol. The number of aromatic nitrogens is 2. The molecule has 2 aromatic carbocycles. The first-order chi connectivity index (χ1) is 14.9. The van der Waals surface area contributed by atoms with Crippen LogP contribution in [0.25, 0.3) is 11.0 Å². The van der Waals surface area contributed by atoms with Crippen LogP contribution in [0.1, 0.15) is 35.6 Å². The van der Waals surface area contributed by atoms with Crippen molar-refractivity contribution in [3.8, 4) is 0 Å². The molecule has 1 amide bonds. The van der Waals surface area contributed by atoms with Crippen LogP contribution < -0.4 is 10.6 Å². The highest BCUT2D eigenvalue weighted by atomic mass is 16.3. The summed E-state index contributed by atoms with van der Waals surface area (Å²) < 4.78 is 8.07. The molecule has 6 heteroatoms. The number of carbonyl (C=O) groups excluding carboxylic acids is 1. The zero-order chi connectivity index (χ0) is 21.7. The number of nitrogens with zero attached hydrogens (tertiary/aromatic N) is 2. The molecular formula is C25H24N4O2. The van der Waals surface area contributed by atoms with Gasteiger partial charge in [-0.3, -0.25) is 9.36 Å². The van der Waals surface area contributed by atoms with Crippen LogP contribution in [0.5, 0.6) is 0 Å². The van der Waals surface area contributed by atoms with E-state index in [0.29, 0.717) is 17.3 Å². The van der Waals surface area contributed by atoms with Gasteiger partial charge in [0.15, 0.2) is 0 Å². The lowest BCUT2D eigenvalue weighted by molar-refractivity contribution is -0.113. The number of amides is 1. The van der Waals surface area contributed by atoms with Gasteiger partial charge in [-0.1, -0.05) is 29.8 Å². The zero-order valence-corrected chi connectivity index (χ0v) is 18.0. The molecule has 0 spiro atoms. The van der Waals surface area contributed by atoms with Crippen LogP contribution in [0, 0.1) is 20.8 Å². The lowest BCUT2D eigenvalue weighted by Gasteiger charge is -2.29. The van der Waals surface area contributed by atoms with Gasteiger partial charge in [0.05, 0.1) is 16.6 Å². The molecule has 1 atom stereocenters. The summed E-state index contributed by atoms with van der Waals surface area (Å²) in [6, 6.07) is 17.3. The second kappa shape index (κ2) is 7.16. The standard InChI is InChI=1S/C25H24N4O2/c1-14-9-11-18(15(2)13-14)27-24(30)22-17(4)26-25-28-19-7-5-6-8-20(19)29(25)23(22)21-12-10-16(3)31-21/h5-13,23H,1-4H3,(H,26,28)(H,27,30)/t23-/m0/s1. The van der Waals surface area contributed by atoms with Crippen molar-refractivity contribution < 1.29 is 9.21 Å². The molecule has 0 aliphatic carbocycles. The van der Waals surface area contributed by atoms with Crippen molar-refractivity contribution in [1.29, 1.82) is 0 Å². The molecule has 4 aromatic rings. The molecule has 1 aliphatic heterocycles. The first-order valence-corrected chi connectivity index (χ1v) is 10.3. The number of hydrogen-bond acceptors (Lipinski definition) is 4. The normalized spacial score (nSPS) is 15.7. The van der Waals surface area contributed by atoms with Crippen LogP contribution in [0.2, 0.25) is 0 Å². The molecule has 5 rings (SSSR count). The minimum absolute atomic E-state index is 0.167. The fourth-order valence-corrected chi connectivity index (χ4v) is 4.27. The number of carbonyl (C=O) groups is 1. The van der Waals surface area contributed by atoms with Crippen molar-refractivity contribution >= 4 is 28.6 Å². The topological polar surface area (TPSA) is 72.1 Å². The minimum Gasteiger partial charge on any atom is -0.464 e. The second-order valence-electron chi connectivity index (χ2n) is 8.08. The van der Waals surface area contributed by atoms with E-state index < -0.39 is 6.04 Å². The second-order valence-corrected chi connectivity index (χ2v) is 8.08. The summed E-state index contributed by atoms with van der Waals surface area (Å²) in [4.78, 5) is 18.3. The van der Waals surface area contributed by atoms with Gasteiger partial charge in [0.25, 0.3) is 5.91 Å². The van der Waals surface area contributed by atoms with Crippen LogP contribution in [-0.4, -0.2) is 15.5 Å². The van der Waals surface area contributed by atoms with Crippen LogP contribution in [0.3, 0.4) is 0 Å². The maximum Gasteiger partial charge on any atom is 0.255 e. The van der Waals surface area contributed by atoms with E-state index in [1.165, 1.54) is 0 Å². The first-order valence-electron chi connectivity index (χ1n) is 10.3. The van der Waals surface area contributed by atoms with Crippen LogP contribution >= 0.6 is 0 Å². The van der Waals surface area contributed by atoms with Crippen molar-refractivity contribution in [3.63, 3.8) is 0 Å². The van der Waals surface area contributed by atoms with E-state index in [9.17, 15) is 4.79 Å². The van der Waals surface area contributed by atoms with Crippen molar-refractivity contribution in [2.75, 3.05) is 10.6 Å². The number of para-hydroxylation sites is 2. The highest BCUT2D eigenvalue weighted by Gasteiger charge is 2.36. The van der Waals surface area contributed by atoms with E-state index in [1.54, 1.807) is 0 Å². The molecule has 0 unspecified atom stereocenters. The summed E-state index contributed by atoms with van der Waals surface area (Å²) in [5.41, 5.74) is 6.13. The Morgan fingerprint density at radius 3 is 2.61 bits per heavy atom. The molecule has 31 heavy (non-hydrogen) atoms. The van der Waals surface area contributed by atoms with Gasteiger partial charge in [-0.05, 0) is 63.6 Å². The molecule has 156 valence electrons. The number of fused-ring (bicyclic) bond motifs is 3. The number of furan rings is 1. The summed E-state index contributed by atoms with van der Waals surface area (Å²) in [6.07, 6.45) is 0. The van der Waals surface area contributed by atoms with Gasteiger partial charge in [0.1, 0.15) is 17.6 Å². The van der Waals surface area contributed by atoms with Crippen molar-refractivity contribution in [2.45, 2.75) is 33.7 Å². The average molecular weight is 412 g/mol. The van der Waals surface area contributed by atoms with E-state index >= 15 is 0 Å². The Morgan fingerprint density at radius 1 is 1.06 bits per heavy atom. The Balaban J connectivity index is 1.65. The van der Waals surface area contributed by atoms with Gasteiger partial charge >= 0.3 is 0 Å². The predicted octanol–water partition coefficient (Wildman–Crippen LogP) is 5.48. The molecule has 1 aliphatic rings. The highest BCUT2D eigenvalue weighted by molar-refractivity contribution is 6.06. The third-order valence-corrected chi connectivity index (χ3v) is 5.74. The third-order valence-electron chi connectivity index (χ3n) is 5.74. The van der Waals surface area contributed by atoms with Crippen LogP contribution in [-0.2, 0) is 4.79 Å². The molecule has 0 saturated heterocycles. The van der Waals surface area contributed by atoms with Crippen molar-refractivity contribution in [1.82, 2.24) is 9.55 Å². The van der Waals surface area contributed by atoms with E-state index in [2.05, 4.69) is 16.7 Å². The Labute approximate surface area is 180 Å². The smallest absolute Gasteiger partial charge is 0.255 e. The maximum absolute atomic E-state index is 13.6. The summed E-state index contributed by atoms with van der Waals surface area (Å²) in [5.74, 6) is 2.03. The van der Waals surface area contributed by atoms with Gasteiger partial charge < -0.3 is 15.1 Å².